The number of rotatable bonds is 1. The lowest BCUT2D eigenvalue weighted by Gasteiger charge is -2.25. The summed E-state index contributed by atoms with van der Waals surface area (Å²) in [6.07, 6.45) is 2.48. The van der Waals surface area contributed by atoms with Crippen molar-refractivity contribution in [2.24, 2.45) is 0 Å². The molecule has 1 aliphatic rings. The molecule has 0 spiro atoms. The topological polar surface area (TPSA) is 61.9 Å². The van der Waals surface area contributed by atoms with Crippen molar-refractivity contribution in [2.75, 3.05) is 6.54 Å². The van der Waals surface area contributed by atoms with Gasteiger partial charge >= 0.3 is 0 Å². The van der Waals surface area contributed by atoms with Crippen LogP contribution in [0.4, 0.5) is 0 Å². The second-order valence-corrected chi connectivity index (χ2v) is 4.93. The maximum atomic E-state index is 12.1. The van der Waals surface area contributed by atoms with Gasteiger partial charge in [0, 0.05) is 19.2 Å². The van der Waals surface area contributed by atoms with E-state index < -0.39 is 0 Å². The summed E-state index contributed by atoms with van der Waals surface area (Å²) in [7, 11) is 0. The number of aromatic nitrogens is 3. The van der Waals surface area contributed by atoms with Gasteiger partial charge in [0.25, 0.3) is 5.91 Å². The third-order valence-electron chi connectivity index (χ3n) is 2.89. The maximum Gasteiger partial charge on any atom is 0.265 e. The molecule has 0 saturated heterocycles. The Bertz CT molecular complexity index is 546. The van der Waals surface area contributed by atoms with Crippen LogP contribution >= 0.6 is 11.5 Å². The summed E-state index contributed by atoms with van der Waals surface area (Å²) >= 11 is 1.24. The third kappa shape index (κ3) is 1.84. The SMILES string of the molecule is Cc1nc2c([nH]1)CN(C(=O)c1ccns1)CC2. The Kier molecular flexibility index (Phi) is 2.44. The number of nitrogens with zero attached hydrogens (tertiary/aromatic N) is 3. The molecule has 88 valence electrons. The van der Waals surface area contributed by atoms with Gasteiger partial charge in [-0.05, 0) is 24.5 Å². The van der Waals surface area contributed by atoms with Crippen LogP contribution in [-0.4, -0.2) is 31.7 Å². The predicted molar refractivity (Wildman–Crippen MR) is 63.9 cm³/mol. The number of nitrogens with one attached hydrogen (secondary N) is 1. The molecule has 0 radical (unpaired) electrons. The zero-order valence-electron chi connectivity index (χ0n) is 9.43. The number of hydrogen-bond donors (Lipinski definition) is 1. The lowest BCUT2D eigenvalue weighted by atomic mass is 10.1. The molecule has 1 amide bonds. The van der Waals surface area contributed by atoms with Crippen LogP contribution in [0.5, 0.6) is 0 Å². The molecule has 0 unspecified atom stereocenters. The van der Waals surface area contributed by atoms with E-state index in [1.54, 1.807) is 12.3 Å². The molecular formula is C11H12N4OS. The Morgan fingerprint density at radius 3 is 3.24 bits per heavy atom. The number of aryl methyl sites for hydroxylation is 1. The highest BCUT2D eigenvalue weighted by atomic mass is 32.1. The van der Waals surface area contributed by atoms with Crippen molar-refractivity contribution in [1.29, 1.82) is 0 Å². The van der Waals surface area contributed by atoms with Crippen LogP contribution in [0, 0.1) is 6.92 Å². The normalized spacial score (nSPS) is 14.8. The largest absolute Gasteiger partial charge is 0.344 e. The van der Waals surface area contributed by atoms with E-state index in [2.05, 4.69) is 14.3 Å². The highest BCUT2D eigenvalue weighted by Crippen LogP contribution is 2.19. The highest BCUT2D eigenvalue weighted by Gasteiger charge is 2.24. The van der Waals surface area contributed by atoms with Crippen LogP contribution < -0.4 is 0 Å². The lowest BCUT2D eigenvalue weighted by molar-refractivity contribution is 0.0737. The molecular weight excluding hydrogens is 236 g/mol. The van der Waals surface area contributed by atoms with Crippen LogP contribution in [0.25, 0.3) is 0 Å². The van der Waals surface area contributed by atoms with Gasteiger partial charge in [-0.1, -0.05) is 0 Å². The molecule has 1 N–H and O–H groups in total. The molecule has 0 aliphatic carbocycles. The predicted octanol–water partition coefficient (Wildman–Crippen LogP) is 1.37. The second kappa shape index (κ2) is 3.96. The molecule has 1 aliphatic heterocycles. The summed E-state index contributed by atoms with van der Waals surface area (Å²) < 4.78 is 3.96. The molecule has 0 saturated carbocycles. The number of fused-ring (bicyclic) bond motifs is 1. The lowest BCUT2D eigenvalue weighted by Crippen LogP contribution is -2.35. The molecule has 0 bridgehead atoms. The Hall–Kier alpha value is -1.69. The van der Waals surface area contributed by atoms with Crippen molar-refractivity contribution in [2.45, 2.75) is 19.9 Å². The van der Waals surface area contributed by atoms with Gasteiger partial charge in [0.05, 0.1) is 17.9 Å². The standard InChI is InChI=1S/C11H12N4OS/c1-7-13-8-3-5-15(6-9(8)14-7)11(16)10-2-4-12-17-10/h2,4H,3,5-6H2,1H3,(H,13,14). The van der Waals surface area contributed by atoms with Crippen molar-refractivity contribution >= 4 is 17.4 Å². The third-order valence-corrected chi connectivity index (χ3v) is 3.62. The molecule has 3 rings (SSSR count). The van der Waals surface area contributed by atoms with E-state index in [9.17, 15) is 4.79 Å². The minimum absolute atomic E-state index is 0.0606. The molecule has 6 heteroatoms. The minimum atomic E-state index is 0.0606. The van der Waals surface area contributed by atoms with Crippen molar-refractivity contribution < 1.29 is 4.79 Å². The molecule has 0 fully saturated rings. The first-order valence-corrected chi connectivity index (χ1v) is 6.25. The average Bonchev–Trinajstić information content (AvgIpc) is 2.94. The zero-order chi connectivity index (χ0) is 11.8. The number of imidazole rings is 1. The van der Waals surface area contributed by atoms with Crippen LogP contribution in [-0.2, 0) is 13.0 Å². The van der Waals surface area contributed by atoms with Crippen molar-refractivity contribution in [1.82, 2.24) is 19.2 Å². The van der Waals surface area contributed by atoms with E-state index >= 15 is 0 Å². The van der Waals surface area contributed by atoms with Gasteiger partial charge in [-0.25, -0.2) is 9.36 Å². The van der Waals surface area contributed by atoms with E-state index in [0.29, 0.717) is 11.4 Å². The number of carbonyl (C=O) groups is 1. The molecule has 2 aromatic rings. The van der Waals surface area contributed by atoms with Crippen LogP contribution in [0.1, 0.15) is 26.9 Å². The summed E-state index contributed by atoms with van der Waals surface area (Å²) in [5.41, 5.74) is 2.16. The molecule has 0 atom stereocenters. The van der Waals surface area contributed by atoms with Gasteiger partial charge < -0.3 is 9.88 Å². The first-order chi connectivity index (χ1) is 8.24. The van der Waals surface area contributed by atoms with E-state index in [-0.39, 0.29) is 5.91 Å². The number of aromatic amines is 1. The van der Waals surface area contributed by atoms with Crippen LogP contribution in [0.15, 0.2) is 12.3 Å². The van der Waals surface area contributed by atoms with Gasteiger partial charge in [0.15, 0.2) is 0 Å². The summed E-state index contributed by atoms with van der Waals surface area (Å²) in [6, 6.07) is 1.76. The zero-order valence-corrected chi connectivity index (χ0v) is 10.3. The van der Waals surface area contributed by atoms with Gasteiger partial charge in [0.2, 0.25) is 0 Å². The Balaban J connectivity index is 1.82. The Morgan fingerprint density at radius 2 is 2.47 bits per heavy atom. The number of H-pyrrole nitrogens is 1. The van der Waals surface area contributed by atoms with Gasteiger partial charge in [-0.2, -0.15) is 0 Å². The van der Waals surface area contributed by atoms with Gasteiger partial charge in [-0.3, -0.25) is 4.79 Å². The van der Waals surface area contributed by atoms with E-state index in [1.165, 1.54) is 11.5 Å². The molecule has 3 heterocycles. The molecule has 0 aromatic carbocycles. The summed E-state index contributed by atoms with van der Waals surface area (Å²) in [6.45, 7) is 3.29. The molecule has 5 nitrogen and oxygen atoms in total. The maximum absolute atomic E-state index is 12.1. The summed E-state index contributed by atoms with van der Waals surface area (Å²) in [5.74, 6) is 0.979. The first kappa shape index (κ1) is 10.5. The minimum Gasteiger partial charge on any atom is -0.344 e. The molecule has 2 aromatic heterocycles. The highest BCUT2D eigenvalue weighted by molar-refractivity contribution is 7.08. The first-order valence-electron chi connectivity index (χ1n) is 5.48. The quantitative estimate of drug-likeness (QED) is 0.829. The number of carbonyl (C=O) groups excluding carboxylic acids is 1. The van der Waals surface area contributed by atoms with Crippen molar-refractivity contribution in [3.8, 4) is 0 Å². The Morgan fingerprint density at radius 1 is 1.59 bits per heavy atom. The molecule has 17 heavy (non-hydrogen) atoms. The fraction of sp³-hybridized carbons (Fsp3) is 0.364. The van der Waals surface area contributed by atoms with E-state index in [1.807, 2.05) is 11.8 Å². The van der Waals surface area contributed by atoms with Gasteiger partial charge in [-0.15, -0.1) is 0 Å². The van der Waals surface area contributed by atoms with Crippen molar-refractivity contribution in [3.05, 3.63) is 34.4 Å². The van der Waals surface area contributed by atoms with Crippen LogP contribution in [0.2, 0.25) is 0 Å². The van der Waals surface area contributed by atoms with Gasteiger partial charge in [0.1, 0.15) is 10.7 Å². The smallest absolute Gasteiger partial charge is 0.265 e. The van der Waals surface area contributed by atoms with Crippen molar-refractivity contribution in [3.63, 3.8) is 0 Å². The number of hydrogen-bond acceptors (Lipinski definition) is 4. The van der Waals surface area contributed by atoms with Crippen LogP contribution in [0.3, 0.4) is 0 Å². The Labute approximate surface area is 103 Å². The average molecular weight is 248 g/mol. The second-order valence-electron chi connectivity index (χ2n) is 4.10. The van der Waals surface area contributed by atoms with E-state index in [4.69, 9.17) is 0 Å². The number of amides is 1. The monoisotopic (exact) mass is 248 g/mol. The fourth-order valence-electron chi connectivity index (χ4n) is 2.09. The summed E-state index contributed by atoms with van der Waals surface area (Å²) in [4.78, 5) is 22.3. The summed E-state index contributed by atoms with van der Waals surface area (Å²) in [5, 5.41) is 0. The fourth-order valence-corrected chi connectivity index (χ4v) is 2.66. The van der Waals surface area contributed by atoms with E-state index in [0.717, 1.165) is 30.2 Å².